The number of fused-ring (bicyclic) bond motifs is 1. The molecule has 100 valence electrons. The van der Waals surface area contributed by atoms with Crippen LogP contribution in [-0.2, 0) is 6.54 Å². The second-order valence-electron chi connectivity index (χ2n) is 4.69. The van der Waals surface area contributed by atoms with Crippen molar-refractivity contribution < 1.29 is 9.15 Å². The lowest BCUT2D eigenvalue weighted by molar-refractivity contribution is 0.107. The Morgan fingerprint density at radius 2 is 2.11 bits per heavy atom. The number of halogens is 2. The van der Waals surface area contributed by atoms with Gasteiger partial charge in [0, 0.05) is 24.7 Å². The minimum Gasteiger partial charge on any atom is -0.481 e. The quantitative estimate of drug-likeness (QED) is 0.833. The highest BCUT2D eigenvalue weighted by Crippen LogP contribution is 2.33. The molecule has 0 amide bonds. The van der Waals surface area contributed by atoms with Gasteiger partial charge in [0.25, 0.3) is 0 Å². The monoisotopic (exact) mass is 297 g/mol. The van der Waals surface area contributed by atoms with E-state index in [2.05, 4.69) is 11.9 Å². The summed E-state index contributed by atoms with van der Waals surface area (Å²) < 4.78 is 11.5. The zero-order valence-electron chi connectivity index (χ0n) is 10.4. The standard InChI is InChI=1S/C14H13Cl2NO2/c1-17-7-9-4-5-18-14(9)13(8-17)19-10-2-3-11(15)12(16)6-10/h2-6,13H,7-8H2,1H3. The largest absolute Gasteiger partial charge is 0.481 e. The van der Waals surface area contributed by atoms with Crippen molar-refractivity contribution in [2.24, 2.45) is 0 Å². The smallest absolute Gasteiger partial charge is 0.169 e. The van der Waals surface area contributed by atoms with Crippen LogP contribution in [0.5, 0.6) is 5.75 Å². The molecule has 1 atom stereocenters. The van der Waals surface area contributed by atoms with Crippen molar-refractivity contribution in [3.8, 4) is 5.75 Å². The van der Waals surface area contributed by atoms with E-state index < -0.39 is 0 Å². The van der Waals surface area contributed by atoms with E-state index in [9.17, 15) is 0 Å². The summed E-state index contributed by atoms with van der Waals surface area (Å²) >= 11 is 11.9. The Bertz CT molecular complexity index is 597. The molecule has 1 unspecified atom stereocenters. The van der Waals surface area contributed by atoms with Crippen molar-refractivity contribution in [1.82, 2.24) is 4.90 Å². The van der Waals surface area contributed by atoms with Crippen molar-refractivity contribution >= 4 is 23.2 Å². The van der Waals surface area contributed by atoms with Crippen LogP contribution in [0, 0.1) is 0 Å². The highest BCUT2D eigenvalue weighted by molar-refractivity contribution is 6.42. The zero-order chi connectivity index (χ0) is 13.4. The highest BCUT2D eigenvalue weighted by atomic mass is 35.5. The third-order valence-corrected chi connectivity index (χ3v) is 3.90. The molecule has 1 aliphatic heterocycles. The van der Waals surface area contributed by atoms with Gasteiger partial charge in [0.2, 0.25) is 0 Å². The molecule has 1 aromatic carbocycles. The summed E-state index contributed by atoms with van der Waals surface area (Å²) in [5.41, 5.74) is 1.17. The van der Waals surface area contributed by atoms with E-state index in [-0.39, 0.29) is 6.10 Å². The predicted molar refractivity (Wildman–Crippen MR) is 74.9 cm³/mol. The van der Waals surface area contributed by atoms with Gasteiger partial charge in [0.05, 0.1) is 16.3 Å². The second-order valence-corrected chi connectivity index (χ2v) is 5.50. The highest BCUT2D eigenvalue weighted by Gasteiger charge is 2.28. The molecular weight excluding hydrogens is 285 g/mol. The van der Waals surface area contributed by atoms with Crippen LogP contribution in [0.15, 0.2) is 34.9 Å². The maximum atomic E-state index is 5.99. The number of hydrogen-bond donors (Lipinski definition) is 0. The lowest BCUT2D eigenvalue weighted by Crippen LogP contribution is -2.32. The van der Waals surface area contributed by atoms with E-state index in [1.807, 2.05) is 12.1 Å². The van der Waals surface area contributed by atoms with Crippen LogP contribution in [0.25, 0.3) is 0 Å². The zero-order valence-corrected chi connectivity index (χ0v) is 11.9. The first-order valence-corrected chi connectivity index (χ1v) is 6.75. The van der Waals surface area contributed by atoms with Crippen molar-refractivity contribution in [2.45, 2.75) is 12.6 Å². The lowest BCUT2D eigenvalue weighted by Gasteiger charge is -2.29. The molecule has 5 heteroatoms. The van der Waals surface area contributed by atoms with Gasteiger partial charge in [-0.25, -0.2) is 0 Å². The molecule has 1 aliphatic rings. The Kier molecular flexibility index (Phi) is 3.44. The molecule has 2 aromatic rings. The molecule has 2 heterocycles. The summed E-state index contributed by atoms with van der Waals surface area (Å²) in [6, 6.07) is 7.25. The number of likely N-dealkylation sites (N-methyl/N-ethyl adjacent to an activating group) is 1. The molecule has 0 N–H and O–H groups in total. The number of furan rings is 1. The van der Waals surface area contributed by atoms with Crippen LogP contribution in [0.4, 0.5) is 0 Å². The maximum Gasteiger partial charge on any atom is 0.169 e. The van der Waals surface area contributed by atoms with Crippen molar-refractivity contribution in [2.75, 3.05) is 13.6 Å². The summed E-state index contributed by atoms with van der Waals surface area (Å²) in [6.07, 6.45) is 1.58. The maximum absolute atomic E-state index is 5.99. The molecule has 0 bridgehead atoms. The number of hydrogen-bond acceptors (Lipinski definition) is 3. The Morgan fingerprint density at radius 3 is 2.89 bits per heavy atom. The number of ether oxygens (including phenoxy) is 1. The first-order valence-electron chi connectivity index (χ1n) is 6.00. The average molecular weight is 298 g/mol. The number of rotatable bonds is 2. The van der Waals surface area contributed by atoms with Gasteiger partial charge in [0.1, 0.15) is 11.5 Å². The van der Waals surface area contributed by atoms with Crippen LogP contribution in [0.3, 0.4) is 0 Å². The van der Waals surface area contributed by atoms with Gasteiger partial charge in [-0.05, 0) is 25.2 Å². The van der Waals surface area contributed by atoms with Gasteiger partial charge in [-0.3, -0.25) is 4.90 Å². The molecule has 0 radical (unpaired) electrons. The molecular formula is C14H13Cl2NO2. The van der Waals surface area contributed by atoms with Gasteiger partial charge >= 0.3 is 0 Å². The van der Waals surface area contributed by atoms with Gasteiger partial charge in [-0.1, -0.05) is 23.2 Å². The van der Waals surface area contributed by atoms with Crippen molar-refractivity contribution in [3.63, 3.8) is 0 Å². The van der Waals surface area contributed by atoms with Crippen molar-refractivity contribution in [3.05, 3.63) is 51.9 Å². The summed E-state index contributed by atoms with van der Waals surface area (Å²) in [5.74, 6) is 1.58. The van der Waals surface area contributed by atoms with E-state index in [0.717, 1.165) is 18.8 Å². The molecule has 19 heavy (non-hydrogen) atoms. The van der Waals surface area contributed by atoms with E-state index in [0.29, 0.717) is 15.8 Å². The SMILES string of the molecule is CN1Cc2ccoc2C(Oc2ccc(Cl)c(Cl)c2)C1. The van der Waals surface area contributed by atoms with Crippen LogP contribution in [0.1, 0.15) is 17.4 Å². The molecule has 0 spiro atoms. The Balaban J connectivity index is 1.86. The van der Waals surface area contributed by atoms with E-state index in [1.165, 1.54) is 5.56 Å². The predicted octanol–water partition coefficient (Wildman–Crippen LogP) is 4.15. The second kappa shape index (κ2) is 5.08. The first kappa shape index (κ1) is 12.9. The van der Waals surface area contributed by atoms with Gasteiger partial charge in [-0.15, -0.1) is 0 Å². The molecule has 0 aliphatic carbocycles. The topological polar surface area (TPSA) is 25.6 Å². The minimum atomic E-state index is -0.124. The molecule has 0 fully saturated rings. The summed E-state index contributed by atoms with van der Waals surface area (Å²) in [7, 11) is 2.06. The average Bonchev–Trinajstić information content (AvgIpc) is 2.82. The Labute approximate surface area is 121 Å². The van der Waals surface area contributed by atoms with Gasteiger partial charge < -0.3 is 9.15 Å². The van der Waals surface area contributed by atoms with E-state index in [4.69, 9.17) is 32.4 Å². The van der Waals surface area contributed by atoms with Crippen molar-refractivity contribution in [1.29, 1.82) is 0 Å². The summed E-state index contributed by atoms with van der Waals surface area (Å²) in [6.45, 7) is 1.66. The van der Waals surface area contributed by atoms with Gasteiger partial charge in [0.15, 0.2) is 6.10 Å². The molecule has 3 rings (SSSR count). The summed E-state index contributed by atoms with van der Waals surface area (Å²) in [4.78, 5) is 2.19. The third-order valence-electron chi connectivity index (χ3n) is 3.16. The fourth-order valence-electron chi connectivity index (χ4n) is 2.29. The first-order chi connectivity index (χ1) is 9.13. The normalized spacial score (nSPS) is 19.2. The fraction of sp³-hybridized carbons (Fsp3) is 0.286. The Morgan fingerprint density at radius 1 is 1.26 bits per heavy atom. The number of benzene rings is 1. The van der Waals surface area contributed by atoms with Crippen LogP contribution >= 0.6 is 23.2 Å². The number of nitrogens with zero attached hydrogens (tertiary/aromatic N) is 1. The minimum absolute atomic E-state index is 0.124. The van der Waals surface area contributed by atoms with Crippen LogP contribution in [0.2, 0.25) is 10.0 Å². The molecule has 3 nitrogen and oxygen atoms in total. The fourth-order valence-corrected chi connectivity index (χ4v) is 2.58. The molecule has 1 aromatic heterocycles. The molecule has 0 saturated heterocycles. The van der Waals surface area contributed by atoms with Crippen LogP contribution < -0.4 is 4.74 Å². The lowest BCUT2D eigenvalue weighted by atomic mass is 10.1. The van der Waals surface area contributed by atoms with Crippen LogP contribution in [-0.4, -0.2) is 18.5 Å². The Hall–Kier alpha value is -1.16. The van der Waals surface area contributed by atoms with E-state index in [1.54, 1.807) is 18.4 Å². The van der Waals surface area contributed by atoms with Gasteiger partial charge in [-0.2, -0.15) is 0 Å². The molecule has 0 saturated carbocycles. The van der Waals surface area contributed by atoms with E-state index >= 15 is 0 Å². The summed E-state index contributed by atoms with van der Waals surface area (Å²) in [5, 5.41) is 1.01. The third kappa shape index (κ3) is 2.59.